The van der Waals surface area contributed by atoms with Gasteiger partial charge in [-0.2, -0.15) is 0 Å². The average molecular weight is 355 g/mol. The van der Waals surface area contributed by atoms with Gasteiger partial charge in [-0.15, -0.1) is 11.3 Å². The van der Waals surface area contributed by atoms with Gasteiger partial charge in [-0.1, -0.05) is 22.0 Å². The molecule has 5 nitrogen and oxygen atoms in total. The van der Waals surface area contributed by atoms with Gasteiger partial charge in [0.15, 0.2) is 5.69 Å². The van der Waals surface area contributed by atoms with E-state index in [1.165, 1.54) is 16.7 Å². The molecule has 0 bridgehead atoms. The Morgan fingerprint density at radius 3 is 2.85 bits per heavy atom. The molecule has 20 heavy (non-hydrogen) atoms. The van der Waals surface area contributed by atoms with Crippen LogP contribution in [0.4, 0.5) is 0 Å². The number of amides is 1. The van der Waals surface area contributed by atoms with Gasteiger partial charge in [0.05, 0.1) is 6.54 Å². The third kappa shape index (κ3) is 3.23. The van der Waals surface area contributed by atoms with Crippen LogP contribution in [0.25, 0.3) is 0 Å². The molecule has 0 spiro atoms. The van der Waals surface area contributed by atoms with E-state index in [-0.39, 0.29) is 18.1 Å². The maximum Gasteiger partial charge on any atom is 0.355 e. The zero-order valence-corrected chi connectivity index (χ0v) is 12.9. The van der Waals surface area contributed by atoms with E-state index in [2.05, 4.69) is 26.2 Å². The molecule has 1 aromatic heterocycles. The summed E-state index contributed by atoms with van der Waals surface area (Å²) in [6.07, 6.45) is 0. The monoisotopic (exact) mass is 354 g/mol. The number of carboxylic acid groups (broad SMARTS) is 1. The van der Waals surface area contributed by atoms with E-state index in [0.29, 0.717) is 10.6 Å². The number of carboxylic acids is 1. The average Bonchev–Trinajstić information content (AvgIpc) is 2.88. The Bertz CT molecular complexity index is 669. The standard InChI is InChI=1S/C13H11BrN2O3S/c1-7-8(3-2-4-9(7)14)12(17)15-5-11-16-10(6-20-11)13(18)19/h2-4,6H,5H2,1H3,(H,15,17)(H,18,19). The molecule has 0 unspecified atom stereocenters. The van der Waals surface area contributed by atoms with Crippen LogP contribution in [0.5, 0.6) is 0 Å². The van der Waals surface area contributed by atoms with Crippen LogP contribution < -0.4 is 5.32 Å². The van der Waals surface area contributed by atoms with Crippen molar-refractivity contribution in [2.75, 3.05) is 0 Å². The Morgan fingerprint density at radius 1 is 1.45 bits per heavy atom. The van der Waals surface area contributed by atoms with Gasteiger partial charge in [0.1, 0.15) is 5.01 Å². The van der Waals surface area contributed by atoms with Crippen LogP contribution in [0.2, 0.25) is 0 Å². The Labute approximate surface area is 127 Å². The Morgan fingerprint density at radius 2 is 2.20 bits per heavy atom. The summed E-state index contributed by atoms with van der Waals surface area (Å²) in [5.74, 6) is -1.28. The van der Waals surface area contributed by atoms with Crippen LogP contribution in [0.15, 0.2) is 28.1 Å². The molecule has 7 heteroatoms. The summed E-state index contributed by atoms with van der Waals surface area (Å²) >= 11 is 4.58. The number of nitrogens with one attached hydrogen (secondary N) is 1. The normalized spacial score (nSPS) is 10.3. The molecular weight excluding hydrogens is 344 g/mol. The van der Waals surface area contributed by atoms with Crippen molar-refractivity contribution in [3.63, 3.8) is 0 Å². The lowest BCUT2D eigenvalue weighted by Crippen LogP contribution is -2.23. The summed E-state index contributed by atoms with van der Waals surface area (Å²) in [4.78, 5) is 26.7. The predicted octanol–water partition coefficient (Wildman–Crippen LogP) is 2.84. The number of aromatic nitrogens is 1. The summed E-state index contributed by atoms with van der Waals surface area (Å²) in [6.45, 7) is 2.06. The predicted molar refractivity (Wildman–Crippen MR) is 79.1 cm³/mol. The van der Waals surface area contributed by atoms with Crippen LogP contribution in [0.1, 0.15) is 31.4 Å². The molecule has 1 amide bonds. The first-order valence-electron chi connectivity index (χ1n) is 5.70. The first kappa shape index (κ1) is 14.7. The topological polar surface area (TPSA) is 79.3 Å². The summed E-state index contributed by atoms with van der Waals surface area (Å²) < 4.78 is 0.868. The van der Waals surface area contributed by atoms with Gasteiger partial charge >= 0.3 is 5.97 Å². The smallest absolute Gasteiger partial charge is 0.355 e. The number of carbonyl (C=O) groups is 2. The fourth-order valence-electron chi connectivity index (χ4n) is 1.59. The van der Waals surface area contributed by atoms with Crippen LogP contribution >= 0.6 is 27.3 Å². The van der Waals surface area contributed by atoms with Crippen molar-refractivity contribution < 1.29 is 14.7 Å². The molecule has 0 saturated heterocycles. The number of thiazole rings is 1. The van der Waals surface area contributed by atoms with Gasteiger partial charge in [-0.25, -0.2) is 9.78 Å². The third-order valence-corrected chi connectivity index (χ3v) is 4.39. The lowest BCUT2D eigenvalue weighted by Gasteiger charge is -2.07. The fraction of sp³-hybridized carbons (Fsp3) is 0.154. The minimum atomic E-state index is -1.07. The summed E-state index contributed by atoms with van der Waals surface area (Å²) in [7, 11) is 0. The molecule has 1 aromatic carbocycles. The van der Waals surface area contributed by atoms with Gasteiger partial charge in [0, 0.05) is 15.4 Å². The largest absolute Gasteiger partial charge is 0.476 e. The summed E-state index contributed by atoms with van der Waals surface area (Å²) in [6, 6.07) is 5.39. The fourth-order valence-corrected chi connectivity index (χ4v) is 2.67. The van der Waals surface area contributed by atoms with E-state index >= 15 is 0 Å². The van der Waals surface area contributed by atoms with Gasteiger partial charge in [-0.05, 0) is 24.6 Å². The minimum Gasteiger partial charge on any atom is -0.476 e. The van der Waals surface area contributed by atoms with E-state index in [1.807, 2.05) is 13.0 Å². The van der Waals surface area contributed by atoms with Crippen molar-refractivity contribution in [3.8, 4) is 0 Å². The number of benzene rings is 1. The van der Waals surface area contributed by atoms with Crippen molar-refractivity contribution in [3.05, 3.63) is 49.9 Å². The van der Waals surface area contributed by atoms with Crippen molar-refractivity contribution in [2.45, 2.75) is 13.5 Å². The van der Waals surface area contributed by atoms with E-state index in [0.717, 1.165) is 10.0 Å². The molecule has 2 N–H and O–H groups in total. The lowest BCUT2D eigenvalue weighted by molar-refractivity contribution is 0.0691. The zero-order valence-electron chi connectivity index (χ0n) is 10.5. The van der Waals surface area contributed by atoms with Crippen LogP contribution in [0.3, 0.4) is 0 Å². The van der Waals surface area contributed by atoms with Gasteiger partial charge in [0.25, 0.3) is 5.91 Å². The second-order valence-corrected chi connectivity index (χ2v) is 5.82. The van der Waals surface area contributed by atoms with E-state index in [1.54, 1.807) is 12.1 Å². The highest BCUT2D eigenvalue weighted by Gasteiger charge is 2.12. The number of rotatable bonds is 4. The summed E-state index contributed by atoms with van der Waals surface area (Å²) in [5, 5.41) is 13.5. The molecule has 0 fully saturated rings. The Hall–Kier alpha value is -1.73. The van der Waals surface area contributed by atoms with Crippen molar-refractivity contribution in [1.82, 2.24) is 10.3 Å². The second kappa shape index (κ2) is 6.15. The van der Waals surface area contributed by atoms with Crippen LogP contribution in [-0.4, -0.2) is 22.0 Å². The van der Waals surface area contributed by atoms with Gasteiger partial charge in [0.2, 0.25) is 0 Å². The summed E-state index contributed by atoms with van der Waals surface area (Å²) in [5.41, 5.74) is 1.43. The molecule has 0 aliphatic heterocycles. The molecule has 0 aliphatic carbocycles. The minimum absolute atomic E-state index is 0.00196. The van der Waals surface area contributed by atoms with E-state index in [9.17, 15) is 9.59 Å². The van der Waals surface area contributed by atoms with E-state index in [4.69, 9.17) is 5.11 Å². The number of aromatic carboxylic acids is 1. The van der Waals surface area contributed by atoms with Crippen molar-refractivity contribution in [2.24, 2.45) is 0 Å². The SMILES string of the molecule is Cc1c(Br)cccc1C(=O)NCc1nc(C(=O)O)cs1. The Kier molecular flexibility index (Phi) is 4.51. The molecule has 2 rings (SSSR count). The molecule has 0 saturated carbocycles. The molecule has 1 heterocycles. The maximum atomic E-state index is 12.1. The maximum absolute atomic E-state index is 12.1. The number of carbonyl (C=O) groups excluding carboxylic acids is 1. The van der Waals surface area contributed by atoms with Crippen molar-refractivity contribution in [1.29, 1.82) is 0 Å². The van der Waals surface area contributed by atoms with Gasteiger partial charge < -0.3 is 10.4 Å². The molecular formula is C13H11BrN2O3S. The van der Waals surface area contributed by atoms with Crippen molar-refractivity contribution >= 4 is 39.1 Å². The number of hydrogen-bond acceptors (Lipinski definition) is 4. The zero-order chi connectivity index (χ0) is 14.7. The van der Waals surface area contributed by atoms with E-state index < -0.39 is 5.97 Å². The second-order valence-electron chi connectivity index (χ2n) is 4.03. The van der Waals surface area contributed by atoms with Gasteiger partial charge in [-0.3, -0.25) is 4.79 Å². The molecule has 0 aliphatic rings. The first-order chi connectivity index (χ1) is 9.49. The molecule has 0 radical (unpaired) electrons. The van der Waals surface area contributed by atoms with Crippen LogP contribution in [0, 0.1) is 6.92 Å². The highest BCUT2D eigenvalue weighted by Crippen LogP contribution is 2.19. The lowest BCUT2D eigenvalue weighted by atomic mass is 10.1. The highest BCUT2D eigenvalue weighted by molar-refractivity contribution is 9.10. The van der Waals surface area contributed by atoms with Crippen LogP contribution in [-0.2, 0) is 6.54 Å². The first-order valence-corrected chi connectivity index (χ1v) is 7.37. The number of halogens is 1. The molecule has 2 aromatic rings. The number of hydrogen-bond donors (Lipinski definition) is 2. The third-order valence-electron chi connectivity index (χ3n) is 2.68. The highest BCUT2D eigenvalue weighted by atomic mass is 79.9. The Balaban J connectivity index is 2.05. The molecule has 104 valence electrons. The molecule has 0 atom stereocenters. The quantitative estimate of drug-likeness (QED) is 0.884. The number of nitrogens with zero attached hydrogens (tertiary/aromatic N) is 1.